The second-order valence-electron chi connectivity index (χ2n) is 5.31. The van der Waals surface area contributed by atoms with Crippen LogP contribution < -0.4 is 5.32 Å². The molecule has 1 saturated heterocycles. The lowest BCUT2D eigenvalue weighted by Gasteiger charge is -2.33. The van der Waals surface area contributed by atoms with Crippen molar-refractivity contribution in [1.82, 2.24) is 10.2 Å². The Hall–Kier alpha value is -1.03. The molecule has 0 saturated carbocycles. The minimum Gasteiger partial charge on any atom is -0.453 e. The van der Waals surface area contributed by atoms with Crippen molar-refractivity contribution in [2.45, 2.75) is 38.1 Å². The number of hydrogen-bond acceptors (Lipinski definition) is 3. The molecule has 4 nitrogen and oxygen atoms in total. The number of nitrogens with one attached hydrogen (secondary N) is 1. The number of rotatable bonds is 3. The molecule has 0 radical (unpaired) electrons. The monoisotopic (exact) mass is 252 g/mol. The maximum absolute atomic E-state index is 11.5. The Morgan fingerprint density at radius 3 is 3.06 bits per heavy atom. The largest absolute Gasteiger partial charge is 0.453 e. The maximum Gasteiger partial charge on any atom is 0.409 e. The van der Waals surface area contributed by atoms with Gasteiger partial charge < -0.3 is 15.0 Å². The summed E-state index contributed by atoms with van der Waals surface area (Å²) in [6.07, 6.45) is 10.3. The Bertz CT molecular complexity index is 304. The minimum atomic E-state index is -0.193. The molecule has 0 unspecified atom stereocenters. The Labute approximate surface area is 109 Å². The van der Waals surface area contributed by atoms with Crippen LogP contribution >= 0.6 is 0 Å². The smallest absolute Gasteiger partial charge is 0.409 e. The van der Waals surface area contributed by atoms with Gasteiger partial charge in [0.1, 0.15) is 0 Å². The lowest BCUT2D eigenvalue weighted by Crippen LogP contribution is -2.48. The molecular formula is C14H24N2O2. The SMILES string of the molecule is COC(=O)N1CCC[C@H](NC[C@@H]2CC=CCC2)C1. The number of methoxy groups -OCH3 is 1. The molecule has 0 spiro atoms. The van der Waals surface area contributed by atoms with E-state index in [2.05, 4.69) is 17.5 Å². The van der Waals surface area contributed by atoms with Crippen LogP contribution in [-0.2, 0) is 4.74 Å². The van der Waals surface area contributed by atoms with Gasteiger partial charge in [-0.05, 0) is 44.6 Å². The summed E-state index contributed by atoms with van der Waals surface area (Å²) in [4.78, 5) is 13.3. The normalized spacial score (nSPS) is 28.2. The van der Waals surface area contributed by atoms with Crippen LogP contribution in [0.5, 0.6) is 0 Å². The topological polar surface area (TPSA) is 41.6 Å². The van der Waals surface area contributed by atoms with E-state index in [1.807, 2.05) is 4.90 Å². The molecule has 2 aliphatic rings. The highest BCUT2D eigenvalue weighted by molar-refractivity contribution is 5.67. The molecule has 0 bridgehead atoms. The van der Waals surface area contributed by atoms with Gasteiger partial charge in [0, 0.05) is 19.1 Å². The van der Waals surface area contributed by atoms with Gasteiger partial charge in [-0.3, -0.25) is 0 Å². The molecule has 2 rings (SSSR count). The number of hydrogen-bond donors (Lipinski definition) is 1. The third-order valence-corrected chi connectivity index (χ3v) is 3.93. The van der Waals surface area contributed by atoms with Crippen molar-refractivity contribution >= 4 is 6.09 Å². The van der Waals surface area contributed by atoms with E-state index in [1.54, 1.807) is 0 Å². The van der Waals surface area contributed by atoms with Gasteiger partial charge in [0.2, 0.25) is 0 Å². The van der Waals surface area contributed by atoms with Crippen LogP contribution in [0.1, 0.15) is 32.1 Å². The molecule has 18 heavy (non-hydrogen) atoms. The molecule has 1 aliphatic carbocycles. The fourth-order valence-electron chi connectivity index (χ4n) is 2.81. The Morgan fingerprint density at radius 1 is 1.44 bits per heavy atom. The summed E-state index contributed by atoms with van der Waals surface area (Å²) in [5.74, 6) is 0.767. The third-order valence-electron chi connectivity index (χ3n) is 3.93. The Kier molecular flexibility index (Phi) is 5.05. The molecule has 4 heteroatoms. The molecule has 2 atom stereocenters. The maximum atomic E-state index is 11.5. The van der Waals surface area contributed by atoms with E-state index in [4.69, 9.17) is 4.74 Å². The van der Waals surface area contributed by atoms with Crippen LogP contribution in [-0.4, -0.2) is 43.8 Å². The fraction of sp³-hybridized carbons (Fsp3) is 0.786. The van der Waals surface area contributed by atoms with Crippen LogP contribution in [0.3, 0.4) is 0 Å². The first kappa shape index (κ1) is 13.4. The Morgan fingerprint density at radius 2 is 2.33 bits per heavy atom. The molecular weight excluding hydrogens is 228 g/mol. The van der Waals surface area contributed by atoms with E-state index in [1.165, 1.54) is 26.4 Å². The molecule has 0 aromatic carbocycles. The van der Waals surface area contributed by atoms with Crippen molar-refractivity contribution in [2.75, 3.05) is 26.7 Å². The van der Waals surface area contributed by atoms with Gasteiger partial charge >= 0.3 is 6.09 Å². The summed E-state index contributed by atoms with van der Waals surface area (Å²) >= 11 is 0. The van der Waals surface area contributed by atoms with Crippen molar-refractivity contribution < 1.29 is 9.53 Å². The predicted molar refractivity (Wildman–Crippen MR) is 71.5 cm³/mol. The Balaban J connectivity index is 1.72. The van der Waals surface area contributed by atoms with E-state index in [-0.39, 0.29) is 6.09 Å². The highest BCUT2D eigenvalue weighted by atomic mass is 16.5. The first-order valence-electron chi connectivity index (χ1n) is 7.01. The van der Waals surface area contributed by atoms with Gasteiger partial charge in [0.05, 0.1) is 7.11 Å². The van der Waals surface area contributed by atoms with Gasteiger partial charge in [-0.1, -0.05) is 12.2 Å². The van der Waals surface area contributed by atoms with E-state index in [9.17, 15) is 4.79 Å². The van der Waals surface area contributed by atoms with Gasteiger partial charge in [-0.2, -0.15) is 0 Å². The van der Waals surface area contributed by atoms with Crippen LogP contribution in [0.25, 0.3) is 0 Å². The van der Waals surface area contributed by atoms with E-state index < -0.39 is 0 Å². The van der Waals surface area contributed by atoms with Crippen LogP contribution in [0, 0.1) is 5.92 Å². The third kappa shape index (κ3) is 3.73. The lowest BCUT2D eigenvalue weighted by molar-refractivity contribution is 0.107. The number of allylic oxidation sites excluding steroid dienone is 2. The zero-order valence-corrected chi connectivity index (χ0v) is 11.2. The van der Waals surface area contributed by atoms with Crippen molar-refractivity contribution in [3.8, 4) is 0 Å². The first-order chi connectivity index (χ1) is 8.79. The van der Waals surface area contributed by atoms with E-state index >= 15 is 0 Å². The quantitative estimate of drug-likeness (QED) is 0.783. The van der Waals surface area contributed by atoms with Gasteiger partial charge in [0.25, 0.3) is 0 Å². The van der Waals surface area contributed by atoms with Crippen molar-refractivity contribution in [2.24, 2.45) is 5.92 Å². The van der Waals surface area contributed by atoms with Crippen molar-refractivity contribution in [1.29, 1.82) is 0 Å². The zero-order chi connectivity index (χ0) is 12.8. The van der Waals surface area contributed by atoms with E-state index in [0.29, 0.717) is 6.04 Å². The average molecular weight is 252 g/mol. The molecule has 1 heterocycles. The lowest BCUT2D eigenvalue weighted by atomic mass is 9.94. The van der Waals surface area contributed by atoms with Crippen LogP contribution in [0.15, 0.2) is 12.2 Å². The van der Waals surface area contributed by atoms with Gasteiger partial charge in [0.15, 0.2) is 0 Å². The molecule has 1 N–H and O–H groups in total. The molecule has 0 aromatic heterocycles. The van der Waals surface area contributed by atoms with Gasteiger partial charge in [-0.25, -0.2) is 4.79 Å². The minimum absolute atomic E-state index is 0.193. The second-order valence-corrected chi connectivity index (χ2v) is 5.31. The zero-order valence-electron chi connectivity index (χ0n) is 11.2. The molecule has 0 aromatic rings. The van der Waals surface area contributed by atoms with E-state index in [0.717, 1.165) is 38.4 Å². The first-order valence-corrected chi connectivity index (χ1v) is 7.01. The van der Waals surface area contributed by atoms with Crippen LogP contribution in [0.2, 0.25) is 0 Å². The molecule has 102 valence electrons. The molecule has 1 amide bonds. The number of piperidine rings is 1. The number of likely N-dealkylation sites (tertiary alicyclic amines) is 1. The second kappa shape index (κ2) is 6.78. The summed E-state index contributed by atoms with van der Waals surface area (Å²) < 4.78 is 4.78. The van der Waals surface area contributed by atoms with Gasteiger partial charge in [-0.15, -0.1) is 0 Å². The highest BCUT2D eigenvalue weighted by Crippen LogP contribution is 2.18. The van der Waals surface area contributed by atoms with Crippen LogP contribution in [0.4, 0.5) is 4.79 Å². The summed E-state index contributed by atoms with van der Waals surface area (Å²) in [5, 5.41) is 3.62. The standard InChI is InChI=1S/C14H24N2O2/c1-18-14(17)16-9-5-8-13(11-16)15-10-12-6-3-2-4-7-12/h2-3,12-13,15H,4-11H2,1H3/t12-,13+/m1/s1. The summed E-state index contributed by atoms with van der Waals surface area (Å²) in [7, 11) is 1.45. The average Bonchev–Trinajstić information content (AvgIpc) is 2.45. The summed E-state index contributed by atoms with van der Waals surface area (Å²) in [6.45, 7) is 2.69. The number of amides is 1. The molecule has 1 fully saturated rings. The number of carbonyl (C=O) groups excluding carboxylic acids is 1. The fourth-order valence-corrected chi connectivity index (χ4v) is 2.81. The van der Waals surface area contributed by atoms with Crippen molar-refractivity contribution in [3.63, 3.8) is 0 Å². The highest BCUT2D eigenvalue weighted by Gasteiger charge is 2.24. The molecule has 1 aliphatic heterocycles. The summed E-state index contributed by atoms with van der Waals surface area (Å²) in [5.41, 5.74) is 0. The van der Waals surface area contributed by atoms with Crippen molar-refractivity contribution in [3.05, 3.63) is 12.2 Å². The predicted octanol–water partition coefficient (Wildman–Crippen LogP) is 2.16. The number of ether oxygens (including phenoxy) is 1. The number of carbonyl (C=O) groups is 1. The summed E-state index contributed by atoms with van der Waals surface area (Å²) in [6, 6.07) is 0.434. The number of nitrogens with zero attached hydrogens (tertiary/aromatic N) is 1.